The molecule has 0 aromatic heterocycles. The van der Waals surface area contributed by atoms with E-state index in [1.807, 2.05) is 18.2 Å². The molecule has 0 aromatic carbocycles. The molecule has 135 valence electrons. The first-order valence-corrected chi connectivity index (χ1v) is 9.77. The largest absolute Gasteiger partial charge is 0.512 e. The molecule has 1 aliphatic carbocycles. The number of aliphatic hydroxyl groups is 1. The van der Waals surface area contributed by atoms with Gasteiger partial charge in [0.1, 0.15) is 0 Å². The molecule has 0 heterocycles. The number of aliphatic hydroxyl groups excluding tert-OH is 1. The molecule has 0 unspecified atom stereocenters. The molecule has 0 atom stereocenters. The summed E-state index contributed by atoms with van der Waals surface area (Å²) in [5.41, 5.74) is 0.941. The van der Waals surface area contributed by atoms with Crippen molar-refractivity contribution < 1.29 is 14.6 Å². The Labute approximate surface area is 151 Å². The zero-order valence-electron chi connectivity index (χ0n) is 15.4. The van der Waals surface area contributed by atoms with E-state index in [0.29, 0.717) is 5.76 Å². The number of unbranched alkanes of at least 4 members (excludes halogenated alkanes) is 8. The van der Waals surface area contributed by atoms with Gasteiger partial charge in [0.05, 0.1) is 16.0 Å². The van der Waals surface area contributed by atoms with Crippen LogP contribution in [0, 0.1) is 0 Å². The summed E-state index contributed by atoms with van der Waals surface area (Å²) >= 11 is 0. The van der Waals surface area contributed by atoms with Gasteiger partial charge in [0.2, 0.25) is 0 Å². The predicted molar refractivity (Wildman–Crippen MR) is 101 cm³/mol. The van der Waals surface area contributed by atoms with Crippen LogP contribution in [0.3, 0.4) is 0 Å². The van der Waals surface area contributed by atoms with Gasteiger partial charge in [-0.25, -0.2) is 0 Å². The molecule has 24 heavy (non-hydrogen) atoms. The molecule has 0 amide bonds. The van der Waals surface area contributed by atoms with Crippen molar-refractivity contribution in [3.8, 4) is 0 Å². The van der Waals surface area contributed by atoms with E-state index in [9.17, 15) is 5.11 Å². The monoisotopic (exact) mass is 349 g/mol. The molecule has 4 heteroatoms. The molecule has 0 fully saturated rings. The highest BCUT2D eigenvalue weighted by molar-refractivity contribution is 6.25. The zero-order valence-corrected chi connectivity index (χ0v) is 16.4. The molecule has 0 saturated heterocycles. The summed E-state index contributed by atoms with van der Waals surface area (Å²) < 4.78 is 10.4. The number of hydrogen-bond acceptors (Lipinski definition) is 3. The summed E-state index contributed by atoms with van der Waals surface area (Å²) in [5.74, 6) is 0.510. The van der Waals surface area contributed by atoms with Crippen molar-refractivity contribution in [3.05, 3.63) is 34.8 Å². The molecule has 0 aliphatic heterocycles. The van der Waals surface area contributed by atoms with E-state index in [1.165, 1.54) is 51.4 Å². The molecule has 0 saturated carbocycles. The first kappa shape index (κ1) is 21.2. The Hall–Kier alpha value is -0.843. The van der Waals surface area contributed by atoms with Gasteiger partial charge in [0.25, 0.3) is 0 Å². The van der Waals surface area contributed by atoms with E-state index in [-0.39, 0.29) is 6.29 Å². The normalized spacial score (nSPS) is 16.1. The SMILES string of the molecule is COC(CCCCCCCCCCC/C(O)=C1\C=CC=C1[Si])OC. The predicted octanol–water partition coefficient (Wildman–Crippen LogP) is 5.33. The maximum atomic E-state index is 10.1. The topological polar surface area (TPSA) is 38.7 Å². The lowest BCUT2D eigenvalue weighted by Gasteiger charge is -2.12. The average molecular weight is 350 g/mol. The highest BCUT2D eigenvalue weighted by Gasteiger charge is 2.07. The first-order valence-electron chi connectivity index (χ1n) is 9.27. The third-order valence-electron chi connectivity index (χ3n) is 4.51. The van der Waals surface area contributed by atoms with Crippen molar-refractivity contribution in [2.45, 2.75) is 76.9 Å². The van der Waals surface area contributed by atoms with Gasteiger partial charge in [-0.2, -0.15) is 0 Å². The molecule has 0 bridgehead atoms. The van der Waals surface area contributed by atoms with Gasteiger partial charge in [-0.05, 0) is 19.3 Å². The average Bonchev–Trinajstić information content (AvgIpc) is 3.02. The molecule has 1 aliphatic rings. The molecular formula is C20H33O3Si. The minimum absolute atomic E-state index is 0.0351. The summed E-state index contributed by atoms with van der Waals surface area (Å²) in [6.45, 7) is 0. The lowest BCUT2D eigenvalue weighted by molar-refractivity contribution is -0.107. The maximum absolute atomic E-state index is 10.1. The molecule has 0 spiro atoms. The van der Waals surface area contributed by atoms with Crippen molar-refractivity contribution in [3.63, 3.8) is 0 Å². The first-order chi connectivity index (χ1) is 11.7. The molecule has 1 rings (SSSR count). The van der Waals surface area contributed by atoms with Crippen LogP contribution in [0.5, 0.6) is 0 Å². The zero-order chi connectivity index (χ0) is 17.6. The fourth-order valence-corrected chi connectivity index (χ4v) is 3.30. The van der Waals surface area contributed by atoms with Crippen LogP contribution in [0.15, 0.2) is 34.8 Å². The van der Waals surface area contributed by atoms with E-state index in [0.717, 1.165) is 30.0 Å². The highest BCUT2D eigenvalue weighted by atomic mass is 28.1. The third-order valence-corrected chi connectivity index (χ3v) is 4.94. The Morgan fingerprint density at radius 2 is 1.50 bits per heavy atom. The van der Waals surface area contributed by atoms with Crippen molar-refractivity contribution >= 4 is 10.2 Å². The number of hydrogen-bond donors (Lipinski definition) is 1. The van der Waals surface area contributed by atoms with Crippen LogP contribution in [0.1, 0.15) is 70.6 Å². The maximum Gasteiger partial charge on any atom is 0.156 e. The van der Waals surface area contributed by atoms with Crippen LogP contribution < -0.4 is 0 Å². The van der Waals surface area contributed by atoms with Crippen LogP contribution in [-0.4, -0.2) is 35.9 Å². The quantitative estimate of drug-likeness (QED) is 0.199. The fraction of sp³-hybridized carbons (Fsp3) is 0.700. The van der Waals surface area contributed by atoms with Gasteiger partial charge < -0.3 is 14.6 Å². The second kappa shape index (κ2) is 13.4. The van der Waals surface area contributed by atoms with E-state index >= 15 is 0 Å². The summed E-state index contributed by atoms with van der Waals surface area (Å²) in [6, 6.07) is 0. The Bertz CT molecular complexity index is 423. The fourth-order valence-electron chi connectivity index (χ4n) is 2.98. The van der Waals surface area contributed by atoms with Crippen LogP contribution in [-0.2, 0) is 9.47 Å². The van der Waals surface area contributed by atoms with Crippen molar-refractivity contribution in [2.75, 3.05) is 14.2 Å². The van der Waals surface area contributed by atoms with E-state index in [1.54, 1.807) is 14.2 Å². The summed E-state index contributed by atoms with van der Waals surface area (Å²) in [5, 5.41) is 11.0. The smallest absolute Gasteiger partial charge is 0.156 e. The van der Waals surface area contributed by atoms with Crippen molar-refractivity contribution in [2.24, 2.45) is 0 Å². The van der Waals surface area contributed by atoms with Gasteiger partial charge in [-0.15, -0.1) is 0 Å². The molecular weight excluding hydrogens is 316 g/mol. The highest BCUT2D eigenvalue weighted by Crippen LogP contribution is 2.22. The second-order valence-electron chi connectivity index (χ2n) is 6.42. The van der Waals surface area contributed by atoms with Gasteiger partial charge >= 0.3 is 0 Å². The van der Waals surface area contributed by atoms with Gasteiger partial charge in [0, 0.05) is 26.2 Å². The number of ether oxygens (including phenoxy) is 2. The Balaban J connectivity index is 1.89. The minimum Gasteiger partial charge on any atom is -0.512 e. The molecule has 1 N–H and O–H groups in total. The van der Waals surface area contributed by atoms with E-state index < -0.39 is 0 Å². The van der Waals surface area contributed by atoms with Crippen LogP contribution in [0.2, 0.25) is 0 Å². The molecule has 0 aromatic rings. The Morgan fingerprint density at radius 3 is 2.00 bits per heavy atom. The van der Waals surface area contributed by atoms with E-state index in [2.05, 4.69) is 10.2 Å². The van der Waals surface area contributed by atoms with E-state index in [4.69, 9.17) is 9.47 Å². The van der Waals surface area contributed by atoms with Crippen molar-refractivity contribution in [1.82, 2.24) is 0 Å². The Kier molecular flexibility index (Phi) is 11.9. The van der Waals surface area contributed by atoms with Crippen molar-refractivity contribution in [1.29, 1.82) is 0 Å². The minimum atomic E-state index is -0.0351. The van der Waals surface area contributed by atoms with Crippen LogP contribution in [0.25, 0.3) is 0 Å². The molecule has 3 radical (unpaired) electrons. The number of methoxy groups -OCH3 is 2. The summed E-state index contributed by atoms with van der Waals surface area (Å²) in [7, 11) is 6.91. The van der Waals surface area contributed by atoms with Crippen LogP contribution in [0.4, 0.5) is 0 Å². The third kappa shape index (κ3) is 8.86. The van der Waals surface area contributed by atoms with Gasteiger partial charge in [0.15, 0.2) is 6.29 Å². The standard InChI is InChI=1S/C20H33O3Si/c1-22-20(23-2)16-11-9-7-5-3-4-6-8-10-14-18(21)17-13-12-15-19(17)24/h12-13,15,20-21H,3-11,14,16H2,1-2H3/b18-17-. The lowest BCUT2D eigenvalue weighted by atomic mass is 10.0. The second-order valence-corrected chi connectivity index (χ2v) is 6.96. The van der Waals surface area contributed by atoms with Gasteiger partial charge in [-0.3, -0.25) is 0 Å². The Morgan fingerprint density at radius 1 is 0.958 bits per heavy atom. The number of rotatable bonds is 14. The summed E-state index contributed by atoms with van der Waals surface area (Å²) in [4.78, 5) is 0. The number of allylic oxidation sites excluding steroid dienone is 6. The van der Waals surface area contributed by atoms with Gasteiger partial charge in [-0.1, -0.05) is 68.4 Å². The van der Waals surface area contributed by atoms with Crippen LogP contribution >= 0.6 is 0 Å². The lowest BCUT2D eigenvalue weighted by Crippen LogP contribution is -2.12. The summed E-state index contributed by atoms with van der Waals surface area (Å²) in [6.07, 6.45) is 18.8. The molecule has 3 nitrogen and oxygen atoms in total.